The molecule has 3 fully saturated rings. The molecule has 0 radical (unpaired) electrons. The number of nitrogens with one attached hydrogen (secondary N) is 4. The van der Waals surface area contributed by atoms with E-state index in [1.54, 1.807) is 64.6 Å². The monoisotopic (exact) mass is 1020 g/mol. The third-order valence-corrected chi connectivity index (χ3v) is 13.0. The van der Waals surface area contributed by atoms with Crippen molar-refractivity contribution >= 4 is 47.4 Å². The Kier molecular flexibility index (Phi) is 19.8. The smallest absolute Gasteiger partial charge is 0.411 e. The van der Waals surface area contributed by atoms with Gasteiger partial charge in [-0.1, -0.05) is 48.0 Å². The summed E-state index contributed by atoms with van der Waals surface area (Å²) in [6, 6.07) is 17.9. The lowest BCUT2D eigenvalue weighted by Crippen LogP contribution is -2.58. The molecule has 5 amide bonds. The van der Waals surface area contributed by atoms with Gasteiger partial charge in [0.1, 0.15) is 41.5 Å². The van der Waals surface area contributed by atoms with E-state index in [9.17, 15) is 28.4 Å². The highest BCUT2D eigenvalue weighted by atomic mass is 35.5. The van der Waals surface area contributed by atoms with Crippen LogP contribution in [0.25, 0.3) is 0 Å². The molecule has 0 aliphatic carbocycles. The molecular formula is C53H74ClFN8O9. The molecule has 3 aromatic rings. The van der Waals surface area contributed by atoms with E-state index < -0.39 is 41.6 Å². The number of carbonyl (C=O) groups is 5. The molecule has 3 saturated heterocycles. The van der Waals surface area contributed by atoms with E-state index in [0.29, 0.717) is 101 Å². The van der Waals surface area contributed by atoms with Crippen LogP contribution >= 0.6 is 11.6 Å². The van der Waals surface area contributed by atoms with Gasteiger partial charge in [0.05, 0.1) is 6.61 Å². The molecular weight excluding hydrogens is 947 g/mol. The van der Waals surface area contributed by atoms with Gasteiger partial charge in [-0.05, 0) is 135 Å². The molecule has 19 heteroatoms. The van der Waals surface area contributed by atoms with Gasteiger partial charge in [0.2, 0.25) is 11.8 Å². The highest BCUT2D eigenvalue weighted by Crippen LogP contribution is 2.30. The lowest BCUT2D eigenvalue weighted by atomic mass is 9.88. The van der Waals surface area contributed by atoms with Gasteiger partial charge in [-0.25, -0.2) is 18.8 Å². The minimum absolute atomic E-state index is 0.0696. The van der Waals surface area contributed by atoms with Gasteiger partial charge in [-0.15, -0.1) is 0 Å². The SMILES string of the molecule is CCOc1cccc(F)c1CN1CCN(C(=O)[C@H](NC(=O)OCc2ccccc2)C2CCN(CCc3cc(Cl)ccc3N[C@@H]3C[C@@H](C(=O)NCCNC(=O)OC(C)(C)C)N(C(=O)OC(C)(C)C)C3)CC2)CC1. The van der Waals surface area contributed by atoms with Crippen molar-refractivity contribution in [3.63, 3.8) is 0 Å². The number of alkyl carbamates (subject to hydrolysis) is 2. The standard InChI is InChI=1S/C53H74ClFN8O9/c1-8-69-45-16-12-15-42(55)41(45)34-61-27-29-62(30-28-61)48(65)46(59-50(67)70-35-36-13-10-9-11-14-36)37-19-24-60(25-20-37)26-21-38-31-39(54)17-18-43(38)58-40-32-44(63(33-40)51(68)72-53(5,6)7)47(64)56-22-23-57-49(66)71-52(2,3)4/h9-18,31,37,40,44,46,58H,8,19-30,32-35H2,1-7H3,(H,56,64)(H,57,66)(H,59,67)/t40-,44+,46-/m1/s1. The summed E-state index contributed by atoms with van der Waals surface area (Å²) in [4.78, 5) is 74.7. The highest BCUT2D eigenvalue weighted by molar-refractivity contribution is 6.30. The second-order valence-corrected chi connectivity index (χ2v) is 21.0. The third kappa shape index (κ3) is 16.9. The van der Waals surface area contributed by atoms with Crippen LogP contribution in [0.5, 0.6) is 5.75 Å². The maximum atomic E-state index is 14.9. The van der Waals surface area contributed by atoms with E-state index in [1.807, 2.05) is 49.4 Å². The van der Waals surface area contributed by atoms with E-state index in [4.69, 9.17) is 30.5 Å². The number of rotatable bonds is 18. The predicted molar refractivity (Wildman–Crippen MR) is 273 cm³/mol. The maximum Gasteiger partial charge on any atom is 0.411 e. The molecule has 6 rings (SSSR count). The molecule has 394 valence electrons. The summed E-state index contributed by atoms with van der Waals surface area (Å²) in [7, 11) is 0. The zero-order valence-electron chi connectivity index (χ0n) is 42.9. The van der Waals surface area contributed by atoms with Crippen molar-refractivity contribution in [2.24, 2.45) is 5.92 Å². The number of hydrogen-bond acceptors (Lipinski definition) is 12. The van der Waals surface area contributed by atoms with Gasteiger partial charge in [-0.2, -0.15) is 0 Å². The van der Waals surface area contributed by atoms with Crippen LogP contribution < -0.4 is 26.0 Å². The van der Waals surface area contributed by atoms with Crippen LogP contribution in [0, 0.1) is 11.7 Å². The summed E-state index contributed by atoms with van der Waals surface area (Å²) in [5.41, 5.74) is 1.69. The van der Waals surface area contributed by atoms with Crippen molar-refractivity contribution < 1.29 is 47.3 Å². The topological polar surface area (TPSA) is 183 Å². The molecule has 3 aromatic carbocycles. The van der Waals surface area contributed by atoms with Crippen molar-refractivity contribution in [2.75, 3.05) is 77.4 Å². The Morgan fingerprint density at radius 2 is 1.50 bits per heavy atom. The van der Waals surface area contributed by atoms with E-state index in [-0.39, 0.29) is 55.8 Å². The number of amides is 5. The summed E-state index contributed by atoms with van der Waals surface area (Å²) in [5, 5.41) is 12.6. The highest BCUT2D eigenvalue weighted by Gasteiger charge is 2.42. The first kappa shape index (κ1) is 55.5. The largest absolute Gasteiger partial charge is 0.493 e. The van der Waals surface area contributed by atoms with Crippen LogP contribution in [0.1, 0.15) is 84.4 Å². The Balaban J connectivity index is 1.06. The van der Waals surface area contributed by atoms with Crippen molar-refractivity contribution in [3.05, 3.63) is 94.3 Å². The molecule has 0 unspecified atom stereocenters. The van der Waals surface area contributed by atoms with Crippen LogP contribution in [0.15, 0.2) is 66.7 Å². The number of hydrogen-bond donors (Lipinski definition) is 4. The van der Waals surface area contributed by atoms with E-state index in [0.717, 1.165) is 16.8 Å². The molecule has 0 aromatic heterocycles. The Hall–Kier alpha value is -5.85. The van der Waals surface area contributed by atoms with Crippen LogP contribution in [0.2, 0.25) is 5.02 Å². The van der Waals surface area contributed by atoms with Gasteiger partial charge in [-0.3, -0.25) is 19.4 Å². The van der Waals surface area contributed by atoms with Crippen LogP contribution in [0.3, 0.4) is 0 Å². The molecule has 17 nitrogen and oxygen atoms in total. The minimum Gasteiger partial charge on any atom is -0.493 e. The lowest BCUT2D eigenvalue weighted by Gasteiger charge is -2.40. The van der Waals surface area contributed by atoms with Gasteiger partial charge in [0.25, 0.3) is 0 Å². The van der Waals surface area contributed by atoms with Gasteiger partial charge in [0.15, 0.2) is 0 Å². The second-order valence-electron chi connectivity index (χ2n) is 20.6. The number of ether oxygens (including phenoxy) is 4. The Morgan fingerprint density at radius 1 is 0.806 bits per heavy atom. The second kappa shape index (κ2) is 25.7. The Morgan fingerprint density at radius 3 is 2.18 bits per heavy atom. The number of benzene rings is 3. The van der Waals surface area contributed by atoms with Crippen molar-refractivity contribution in [3.8, 4) is 5.75 Å². The molecule has 4 N–H and O–H groups in total. The van der Waals surface area contributed by atoms with Crippen LogP contribution in [0.4, 0.5) is 24.5 Å². The van der Waals surface area contributed by atoms with Crippen molar-refractivity contribution in [1.82, 2.24) is 35.6 Å². The summed E-state index contributed by atoms with van der Waals surface area (Å²) in [6.45, 7) is 17.8. The zero-order chi connectivity index (χ0) is 52.0. The summed E-state index contributed by atoms with van der Waals surface area (Å²) >= 11 is 6.57. The molecule has 0 saturated carbocycles. The fraction of sp³-hybridized carbons (Fsp3) is 0.566. The minimum atomic E-state index is -0.823. The van der Waals surface area contributed by atoms with Gasteiger partial charge < -0.3 is 50.0 Å². The van der Waals surface area contributed by atoms with E-state index >= 15 is 0 Å². The third-order valence-electron chi connectivity index (χ3n) is 12.7. The number of likely N-dealkylation sites (tertiary alicyclic amines) is 2. The molecule has 3 aliphatic rings. The molecule has 0 spiro atoms. The number of anilines is 1. The lowest BCUT2D eigenvalue weighted by molar-refractivity contribution is -0.137. The first-order valence-electron chi connectivity index (χ1n) is 25.1. The Labute approximate surface area is 428 Å². The van der Waals surface area contributed by atoms with E-state index in [2.05, 4.69) is 31.1 Å². The average molecular weight is 1020 g/mol. The quantitative estimate of drug-likeness (QED) is 0.0744. The fourth-order valence-electron chi connectivity index (χ4n) is 9.21. The average Bonchev–Trinajstić information content (AvgIpc) is 3.76. The molecule has 0 bridgehead atoms. The number of nitrogens with zero attached hydrogens (tertiary/aromatic N) is 4. The predicted octanol–water partition coefficient (Wildman–Crippen LogP) is 7.20. The number of piperidine rings is 1. The van der Waals surface area contributed by atoms with Gasteiger partial charge >= 0.3 is 18.3 Å². The summed E-state index contributed by atoms with van der Waals surface area (Å²) < 4.78 is 37.2. The summed E-state index contributed by atoms with van der Waals surface area (Å²) in [6.07, 6.45) is 0.425. The molecule has 3 atom stereocenters. The molecule has 72 heavy (non-hydrogen) atoms. The Bertz CT molecular complexity index is 2300. The van der Waals surface area contributed by atoms with Gasteiger partial charge in [0, 0.05) is 81.2 Å². The zero-order valence-corrected chi connectivity index (χ0v) is 43.7. The normalized spacial score (nSPS) is 18.5. The van der Waals surface area contributed by atoms with Crippen LogP contribution in [-0.2, 0) is 43.4 Å². The van der Waals surface area contributed by atoms with Crippen molar-refractivity contribution in [1.29, 1.82) is 0 Å². The fourth-order valence-corrected chi connectivity index (χ4v) is 9.41. The number of halogens is 2. The molecule has 3 aliphatic heterocycles. The summed E-state index contributed by atoms with van der Waals surface area (Å²) in [5.74, 6) is -0.479. The first-order valence-corrected chi connectivity index (χ1v) is 25.5. The maximum absolute atomic E-state index is 14.9. The van der Waals surface area contributed by atoms with Crippen LogP contribution in [-0.4, -0.2) is 151 Å². The number of piperazine rings is 1. The van der Waals surface area contributed by atoms with Crippen molar-refractivity contribution in [2.45, 2.75) is 117 Å². The molecule has 3 heterocycles. The van der Waals surface area contributed by atoms with E-state index in [1.165, 1.54) is 11.0 Å². The number of carbonyl (C=O) groups excluding carboxylic acids is 5. The first-order chi connectivity index (χ1) is 34.2.